The van der Waals surface area contributed by atoms with Crippen molar-refractivity contribution in [3.63, 3.8) is 0 Å². The summed E-state index contributed by atoms with van der Waals surface area (Å²) in [7, 11) is 2.46. The Kier molecular flexibility index (Phi) is 8.29. The second-order valence-electron chi connectivity index (χ2n) is 7.96. The maximum atomic E-state index is 13.1. The summed E-state index contributed by atoms with van der Waals surface area (Å²) in [5, 5.41) is 10.1. The van der Waals surface area contributed by atoms with Gasteiger partial charge in [0, 0.05) is 12.2 Å². The number of rotatable bonds is 8. The molecule has 0 amide bonds. The van der Waals surface area contributed by atoms with E-state index in [0.29, 0.717) is 11.3 Å². The first-order chi connectivity index (χ1) is 16.9. The number of carbonyl (C=O) groups is 2. The van der Waals surface area contributed by atoms with Gasteiger partial charge in [-0.2, -0.15) is 5.26 Å². The van der Waals surface area contributed by atoms with Crippen LogP contribution in [0.2, 0.25) is 0 Å². The Hall–Kier alpha value is -4.09. The van der Waals surface area contributed by atoms with Crippen molar-refractivity contribution in [1.82, 2.24) is 4.90 Å². The van der Waals surface area contributed by atoms with Crippen LogP contribution in [0.15, 0.2) is 77.3 Å². The van der Waals surface area contributed by atoms with Gasteiger partial charge in [0.1, 0.15) is 11.5 Å². The molecule has 8 nitrogen and oxygen atoms in total. The van der Waals surface area contributed by atoms with E-state index in [1.54, 1.807) is 36.4 Å². The number of allylic oxidation sites excluding steroid dienone is 1. The summed E-state index contributed by atoms with van der Waals surface area (Å²) >= 11 is 0. The zero-order chi connectivity index (χ0) is 25.5. The van der Waals surface area contributed by atoms with Gasteiger partial charge in [-0.15, -0.1) is 0 Å². The first kappa shape index (κ1) is 25.5. The first-order valence-electron chi connectivity index (χ1n) is 11.4. The highest BCUT2D eigenvalue weighted by Gasteiger charge is 2.42. The lowest BCUT2D eigenvalue weighted by atomic mass is 9.81. The highest BCUT2D eigenvalue weighted by Crippen LogP contribution is 2.43. The third-order valence-corrected chi connectivity index (χ3v) is 6.11. The van der Waals surface area contributed by atoms with Crippen molar-refractivity contribution in [2.45, 2.75) is 26.3 Å². The maximum Gasteiger partial charge on any atom is 0.355 e. The number of methoxy groups -OCH3 is 2. The van der Waals surface area contributed by atoms with Crippen LogP contribution in [0.3, 0.4) is 0 Å². The van der Waals surface area contributed by atoms with Crippen LogP contribution in [0.5, 0.6) is 0 Å². The zero-order valence-electron chi connectivity index (χ0n) is 20.4. The van der Waals surface area contributed by atoms with Crippen LogP contribution in [0.1, 0.15) is 30.9 Å². The number of nitriles is 1. The fourth-order valence-electron chi connectivity index (χ4n) is 4.24. The number of carbonyl (C=O) groups excluding carboxylic acids is 2. The summed E-state index contributed by atoms with van der Waals surface area (Å²) in [6, 6.07) is 18.6. The summed E-state index contributed by atoms with van der Waals surface area (Å²) in [5.41, 5.74) is 8.79. The molecule has 0 saturated heterocycles. The number of ether oxygens (including phenoxy) is 2. The van der Waals surface area contributed by atoms with Crippen LogP contribution in [0.25, 0.3) is 0 Å². The van der Waals surface area contributed by atoms with Gasteiger partial charge in [-0.05, 0) is 36.3 Å². The Labute approximate surface area is 205 Å². The van der Waals surface area contributed by atoms with Gasteiger partial charge >= 0.3 is 11.9 Å². The van der Waals surface area contributed by atoms with E-state index >= 15 is 0 Å². The molecule has 1 heterocycles. The molecule has 0 bridgehead atoms. The van der Waals surface area contributed by atoms with E-state index in [-0.39, 0.29) is 22.7 Å². The van der Waals surface area contributed by atoms with Crippen molar-refractivity contribution in [3.8, 4) is 6.07 Å². The predicted molar refractivity (Wildman–Crippen MR) is 133 cm³/mol. The van der Waals surface area contributed by atoms with Gasteiger partial charge in [0.05, 0.1) is 37.4 Å². The van der Waals surface area contributed by atoms with Crippen molar-refractivity contribution < 1.29 is 19.1 Å². The third-order valence-electron chi connectivity index (χ3n) is 6.11. The molecule has 35 heavy (non-hydrogen) atoms. The van der Waals surface area contributed by atoms with Crippen molar-refractivity contribution in [1.29, 1.82) is 5.26 Å². The van der Waals surface area contributed by atoms with Crippen molar-refractivity contribution in [2.75, 3.05) is 32.2 Å². The van der Waals surface area contributed by atoms with E-state index < -0.39 is 17.9 Å². The van der Waals surface area contributed by atoms with Crippen LogP contribution in [-0.2, 0) is 25.6 Å². The molecule has 2 aromatic carbocycles. The number of esters is 2. The average Bonchev–Trinajstić information content (AvgIpc) is 2.90. The SMILES string of the molecule is CCN(CC)Cc1ccc(N2C(N)=C(C#N)C(c3ccccc3)C(C(=O)OC)=C2C(=O)OC)cc1. The smallest absolute Gasteiger partial charge is 0.355 e. The molecule has 1 aliphatic rings. The Morgan fingerprint density at radius 2 is 1.60 bits per heavy atom. The lowest BCUT2D eigenvalue weighted by Crippen LogP contribution is -2.40. The molecule has 2 N–H and O–H groups in total. The van der Waals surface area contributed by atoms with Gasteiger partial charge in [-0.3, -0.25) is 9.80 Å². The fourth-order valence-corrected chi connectivity index (χ4v) is 4.24. The molecule has 182 valence electrons. The van der Waals surface area contributed by atoms with E-state index in [4.69, 9.17) is 15.2 Å². The highest BCUT2D eigenvalue weighted by molar-refractivity contribution is 6.06. The van der Waals surface area contributed by atoms with Crippen LogP contribution in [0, 0.1) is 11.3 Å². The molecule has 0 saturated carbocycles. The Morgan fingerprint density at radius 3 is 2.11 bits per heavy atom. The summed E-state index contributed by atoms with van der Waals surface area (Å²) in [6.45, 7) is 6.82. The van der Waals surface area contributed by atoms with Crippen LogP contribution in [0.4, 0.5) is 5.69 Å². The van der Waals surface area contributed by atoms with Crippen molar-refractivity contribution in [3.05, 3.63) is 88.4 Å². The lowest BCUT2D eigenvalue weighted by Gasteiger charge is -2.36. The molecule has 0 aromatic heterocycles. The Morgan fingerprint density at radius 1 is 1.00 bits per heavy atom. The van der Waals surface area contributed by atoms with Crippen LogP contribution in [-0.4, -0.2) is 44.1 Å². The molecule has 1 aliphatic heterocycles. The van der Waals surface area contributed by atoms with Gasteiger partial charge in [-0.25, -0.2) is 9.59 Å². The molecule has 1 unspecified atom stereocenters. The topological polar surface area (TPSA) is 109 Å². The summed E-state index contributed by atoms with van der Waals surface area (Å²) in [6.07, 6.45) is 0. The van der Waals surface area contributed by atoms with Crippen molar-refractivity contribution in [2.24, 2.45) is 5.73 Å². The minimum atomic E-state index is -0.888. The summed E-state index contributed by atoms with van der Waals surface area (Å²) in [5.74, 6) is -2.35. The third kappa shape index (κ3) is 5.05. The largest absolute Gasteiger partial charge is 0.466 e. The van der Waals surface area contributed by atoms with E-state index in [0.717, 1.165) is 25.2 Å². The van der Waals surface area contributed by atoms with Crippen molar-refractivity contribution >= 4 is 17.6 Å². The molecule has 8 heteroatoms. The summed E-state index contributed by atoms with van der Waals surface area (Å²) < 4.78 is 10.1. The number of benzene rings is 2. The van der Waals surface area contributed by atoms with Crippen LogP contribution >= 0.6 is 0 Å². The normalized spacial score (nSPS) is 15.8. The molecular weight excluding hydrogens is 444 g/mol. The van der Waals surface area contributed by atoms with E-state index in [2.05, 4.69) is 24.8 Å². The van der Waals surface area contributed by atoms with Crippen LogP contribution < -0.4 is 10.6 Å². The van der Waals surface area contributed by atoms with E-state index in [1.165, 1.54) is 19.1 Å². The second-order valence-corrected chi connectivity index (χ2v) is 7.96. The number of hydrogen-bond acceptors (Lipinski definition) is 8. The molecule has 0 aliphatic carbocycles. The number of nitrogens with two attached hydrogens (primary N) is 1. The lowest BCUT2D eigenvalue weighted by molar-refractivity contribution is -0.139. The monoisotopic (exact) mass is 474 g/mol. The first-order valence-corrected chi connectivity index (χ1v) is 11.4. The molecule has 0 fully saturated rings. The Bertz CT molecular complexity index is 1180. The molecule has 0 radical (unpaired) electrons. The fraction of sp³-hybridized carbons (Fsp3) is 0.296. The van der Waals surface area contributed by atoms with Gasteiger partial charge < -0.3 is 15.2 Å². The quantitative estimate of drug-likeness (QED) is 0.580. The van der Waals surface area contributed by atoms with E-state index in [9.17, 15) is 14.9 Å². The molecule has 3 rings (SSSR count). The molecule has 2 aromatic rings. The molecule has 0 spiro atoms. The summed E-state index contributed by atoms with van der Waals surface area (Å²) in [4.78, 5) is 29.8. The minimum Gasteiger partial charge on any atom is -0.466 e. The van der Waals surface area contributed by atoms with Gasteiger partial charge in [0.15, 0.2) is 0 Å². The predicted octanol–water partition coefficient (Wildman–Crippen LogP) is 3.43. The minimum absolute atomic E-state index is 0.0106. The number of anilines is 1. The maximum absolute atomic E-state index is 13.1. The molecule has 1 atom stereocenters. The van der Waals surface area contributed by atoms with E-state index in [1.807, 2.05) is 18.2 Å². The number of nitrogens with zero attached hydrogens (tertiary/aromatic N) is 3. The molecular formula is C27H30N4O4. The zero-order valence-corrected chi connectivity index (χ0v) is 20.4. The van der Waals surface area contributed by atoms with Gasteiger partial charge in [0.25, 0.3) is 0 Å². The second kappa shape index (κ2) is 11.4. The standard InChI is InChI=1S/C27H30N4O4/c1-5-30(6-2)17-18-12-14-20(15-13-18)31-24(27(33)35-4)23(26(32)34-3)22(21(16-28)25(31)29)19-10-8-7-9-11-19/h7-15,22H,5-6,17,29H2,1-4H3. The number of hydrogen-bond donors (Lipinski definition) is 1. The highest BCUT2D eigenvalue weighted by atomic mass is 16.5. The average molecular weight is 475 g/mol. The Balaban J connectivity index is 2.23. The van der Waals surface area contributed by atoms with Gasteiger partial charge in [0.2, 0.25) is 0 Å². The van der Waals surface area contributed by atoms with Gasteiger partial charge in [-0.1, -0.05) is 56.3 Å².